The van der Waals surface area contributed by atoms with Gasteiger partial charge in [-0.15, -0.1) is 0 Å². The van der Waals surface area contributed by atoms with E-state index in [9.17, 15) is 9.90 Å². The van der Waals surface area contributed by atoms with Gasteiger partial charge in [0.05, 0.1) is 7.11 Å². The van der Waals surface area contributed by atoms with E-state index in [0.717, 1.165) is 5.56 Å². The molecule has 0 aliphatic rings. The van der Waals surface area contributed by atoms with Gasteiger partial charge < -0.3 is 14.6 Å². The van der Waals surface area contributed by atoms with Gasteiger partial charge in [0, 0.05) is 5.56 Å². The van der Waals surface area contributed by atoms with Gasteiger partial charge in [-0.05, 0) is 31.2 Å². The Hall–Kier alpha value is -2.49. The zero-order valence-electron chi connectivity index (χ0n) is 11.4. The van der Waals surface area contributed by atoms with E-state index in [-0.39, 0.29) is 0 Å². The summed E-state index contributed by atoms with van der Waals surface area (Å²) in [5.41, 5.74) is 1.66. The first-order valence-corrected chi connectivity index (χ1v) is 6.20. The number of carbonyl (C=O) groups is 1. The van der Waals surface area contributed by atoms with Crippen LogP contribution >= 0.6 is 0 Å². The maximum atomic E-state index is 11.4. The fraction of sp³-hybridized carbons (Fsp3) is 0.188. The average molecular weight is 272 g/mol. The highest BCUT2D eigenvalue weighted by Gasteiger charge is 2.21. The quantitative estimate of drug-likeness (QED) is 0.908. The lowest BCUT2D eigenvalue weighted by molar-refractivity contribution is -0.145. The van der Waals surface area contributed by atoms with Crippen LogP contribution < -0.4 is 9.47 Å². The summed E-state index contributed by atoms with van der Waals surface area (Å²) in [6.45, 7) is 1.96. The molecule has 0 spiro atoms. The van der Waals surface area contributed by atoms with E-state index in [2.05, 4.69) is 0 Å². The van der Waals surface area contributed by atoms with Gasteiger partial charge in [-0.2, -0.15) is 0 Å². The minimum Gasteiger partial charge on any atom is -0.497 e. The molecular weight excluding hydrogens is 256 g/mol. The molecule has 0 radical (unpaired) electrons. The minimum atomic E-state index is -1.04. The molecule has 4 nitrogen and oxygen atoms in total. The molecule has 4 heteroatoms. The SMILES string of the molecule is COc1ccc(C(Oc2ccc(C)cc2)C(=O)O)cc1. The van der Waals surface area contributed by atoms with E-state index in [1.165, 1.54) is 0 Å². The molecule has 20 heavy (non-hydrogen) atoms. The van der Waals surface area contributed by atoms with Crippen LogP contribution in [0.15, 0.2) is 48.5 Å². The molecule has 2 aromatic carbocycles. The summed E-state index contributed by atoms with van der Waals surface area (Å²) in [4.78, 5) is 11.4. The molecule has 0 aliphatic heterocycles. The molecule has 2 rings (SSSR count). The highest BCUT2D eigenvalue weighted by atomic mass is 16.5. The summed E-state index contributed by atoms with van der Waals surface area (Å²) in [7, 11) is 1.56. The highest BCUT2D eigenvalue weighted by Crippen LogP contribution is 2.24. The van der Waals surface area contributed by atoms with Crippen molar-refractivity contribution in [3.8, 4) is 11.5 Å². The topological polar surface area (TPSA) is 55.8 Å². The molecule has 1 unspecified atom stereocenters. The number of rotatable bonds is 5. The first kappa shape index (κ1) is 13.9. The Labute approximate surface area is 117 Å². The van der Waals surface area contributed by atoms with Gasteiger partial charge in [-0.25, -0.2) is 4.79 Å². The van der Waals surface area contributed by atoms with Gasteiger partial charge >= 0.3 is 5.97 Å². The Morgan fingerprint density at radius 1 is 1.00 bits per heavy atom. The van der Waals surface area contributed by atoms with Crippen molar-refractivity contribution in [3.05, 3.63) is 59.7 Å². The normalized spacial score (nSPS) is 11.7. The third-order valence-electron chi connectivity index (χ3n) is 2.92. The highest BCUT2D eigenvalue weighted by molar-refractivity contribution is 5.75. The van der Waals surface area contributed by atoms with Crippen LogP contribution in [0.2, 0.25) is 0 Å². The number of hydrogen-bond donors (Lipinski definition) is 1. The molecule has 0 aromatic heterocycles. The predicted octanol–water partition coefficient (Wildman–Crippen LogP) is 3.21. The van der Waals surface area contributed by atoms with Gasteiger partial charge in [0.25, 0.3) is 0 Å². The Morgan fingerprint density at radius 3 is 2.05 bits per heavy atom. The van der Waals surface area contributed by atoms with Gasteiger partial charge in [-0.3, -0.25) is 0 Å². The second-order valence-electron chi connectivity index (χ2n) is 4.42. The molecule has 0 fully saturated rings. The Kier molecular flexibility index (Phi) is 4.25. The second kappa shape index (κ2) is 6.10. The van der Waals surface area contributed by atoms with Crippen LogP contribution in [0, 0.1) is 6.92 Å². The lowest BCUT2D eigenvalue weighted by Gasteiger charge is -2.16. The number of aryl methyl sites for hydroxylation is 1. The molecule has 0 saturated heterocycles. The summed E-state index contributed by atoms with van der Waals surface area (Å²) in [6.07, 6.45) is -1.04. The van der Waals surface area contributed by atoms with Crippen LogP contribution in [0.5, 0.6) is 11.5 Å². The molecule has 104 valence electrons. The van der Waals surface area contributed by atoms with E-state index in [1.807, 2.05) is 19.1 Å². The maximum absolute atomic E-state index is 11.4. The van der Waals surface area contributed by atoms with Crippen molar-refractivity contribution in [1.82, 2.24) is 0 Å². The number of methoxy groups -OCH3 is 1. The minimum absolute atomic E-state index is 0.527. The number of hydrogen-bond acceptors (Lipinski definition) is 3. The maximum Gasteiger partial charge on any atom is 0.349 e. The van der Waals surface area contributed by atoms with Gasteiger partial charge in [-0.1, -0.05) is 29.8 Å². The number of carboxylic acids is 1. The largest absolute Gasteiger partial charge is 0.497 e. The summed E-state index contributed by atoms with van der Waals surface area (Å²) < 4.78 is 10.6. The van der Waals surface area contributed by atoms with Crippen molar-refractivity contribution in [1.29, 1.82) is 0 Å². The Morgan fingerprint density at radius 2 is 1.55 bits per heavy atom. The molecule has 1 N–H and O–H groups in total. The van der Waals surface area contributed by atoms with Crippen molar-refractivity contribution in [2.75, 3.05) is 7.11 Å². The van der Waals surface area contributed by atoms with E-state index >= 15 is 0 Å². The van der Waals surface area contributed by atoms with Crippen LogP contribution in [0.3, 0.4) is 0 Å². The second-order valence-corrected chi connectivity index (χ2v) is 4.42. The molecular formula is C16H16O4. The third kappa shape index (κ3) is 3.29. The summed E-state index contributed by atoms with van der Waals surface area (Å²) in [5.74, 6) is 0.169. The monoisotopic (exact) mass is 272 g/mol. The zero-order valence-corrected chi connectivity index (χ0v) is 11.4. The van der Waals surface area contributed by atoms with Crippen LogP contribution in [0.25, 0.3) is 0 Å². The van der Waals surface area contributed by atoms with E-state index < -0.39 is 12.1 Å². The average Bonchev–Trinajstić information content (AvgIpc) is 2.46. The lowest BCUT2D eigenvalue weighted by atomic mass is 10.1. The Bertz CT molecular complexity index is 572. The third-order valence-corrected chi connectivity index (χ3v) is 2.92. The van der Waals surface area contributed by atoms with Crippen molar-refractivity contribution >= 4 is 5.97 Å². The van der Waals surface area contributed by atoms with Crippen molar-refractivity contribution in [3.63, 3.8) is 0 Å². The summed E-state index contributed by atoms with van der Waals surface area (Å²) >= 11 is 0. The summed E-state index contributed by atoms with van der Waals surface area (Å²) in [5, 5.41) is 9.31. The fourth-order valence-electron chi connectivity index (χ4n) is 1.79. The molecule has 0 bridgehead atoms. The molecule has 2 aromatic rings. The molecule has 0 aliphatic carbocycles. The molecule has 0 heterocycles. The number of benzene rings is 2. The van der Waals surface area contributed by atoms with E-state index in [4.69, 9.17) is 9.47 Å². The van der Waals surface area contributed by atoms with E-state index in [0.29, 0.717) is 17.1 Å². The Balaban J connectivity index is 2.22. The van der Waals surface area contributed by atoms with Gasteiger partial charge in [0.1, 0.15) is 11.5 Å². The van der Waals surface area contributed by atoms with Crippen LogP contribution in [0.4, 0.5) is 0 Å². The molecule has 0 amide bonds. The van der Waals surface area contributed by atoms with Crippen LogP contribution in [0.1, 0.15) is 17.2 Å². The fourth-order valence-corrected chi connectivity index (χ4v) is 1.79. The first-order valence-electron chi connectivity index (χ1n) is 6.20. The van der Waals surface area contributed by atoms with Crippen molar-refractivity contribution < 1.29 is 19.4 Å². The number of ether oxygens (including phenoxy) is 2. The summed E-state index contributed by atoms with van der Waals surface area (Å²) in [6, 6.07) is 14.1. The predicted molar refractivity (Wildman–Crippen MR) is 75.2 cm³/mol. The number of aliphatic carboxylic acids is 1. The number of carboxylic acid groups (broad SMARTS) is 1. The van der Waals surface area contributed by atoms with Crippen molar-refractivity contribution in [2.24, 2.45) is 0 Å². The van der Waals surface area contributed by atoms with Crippen LogP contribution in [-0.2, 0) is 4.79 Å². The van der Waals surface area contributed by atoms with Crippen molar-refractivity contribution in [2.45, 2.75) is 13.0 Å². The molecule has 1 atom stereocenters. The lowest BCUT2D eigenvalue weighted by Crippen LogP contribution is -2.18. The van der Waals surface area contributed by atoms with Gasteiger partial charge in [0.2, 0.25) is 6.10 Å². The smallest absolute Gasteiger partial charge is 0.349 e. The van der Waals surface area contributed by atoms with Gasteiger partial charge in [0.15, 0.2) is 0 Å². The van der Waals surface area contributed by atoms with E-state index in [1.54, 1.807) is 43.5 Å². The molecule has 0 saturated carbocycles. The standard InChI is InChI=1S/C16H16O4/c1-11-3-7-14(8-4-11)20-15(16(17)18)12-5-9-13(19-2)10-6-12/h3-10,15H,1-2H3,(H,17,18). The zero-order chi connectivity index (χ0) is 14.5. The van der Waals surface area contributed by atoms with Crippen LogP contribution in [-0.4, -0.2) is 18.2 Å². The first-order chi connectivity index (χ1) is 9.60.